The number of rotatable bonds is 18. The Bertz CT molecular complexity index is 9810. The van der Waals surface area contributed by atoms with Gasteiger partial charge in [0.25, 0.3) is 0 Å². The van der Waals surface area contributed by atoms with E-state index in [1.54, 1.807) is 0 Å². The van der Waals surface area contributed by atoms with Crippen LogP contribution in [0.2, 0.25) is 0 Å². The summed E-state index contributed by atoms with van der Waals surface area (Å²) in [5.74, 6) is 0. The molecule has 0 N–H and O–H groups in total. The average Bonchev–Trinajstić information content (AvgIpc) is 1.21. The largest absolute Gasteiger partial charge is 0.455 e. The van der Waals surface area contributed by atoms with Crippen molar-refractivity contribution in [2.24, 2.45) is 0 Å². The van der Waals surface area contributed by atoms with E-state index in [2.05, 4.69) is 517 Å². The summed E-state index contributed by atoms with van der Waals surface area (Å²) in [6.07, 6.45) is 0. The molecular weight excluding hydrogens is 1800 g/mol. The third-order valence-corrected chi connectivity index (χ3v) is 30.0. The maximum absolute atomic E-state index is 6.62. The molecule has 0 unspecified atom stereocenters. The van der Waals surface area contributed by atoms with Gasteiger partial charge in [-0.2, -0.15) is 0 Å². The maximum atomic E-state index is 6.62. The van der Waals surface area contributed by atoms with Crippen molar-refractivity contribution >= 4 is 221 Å². The molecule has 8 nitrogen and oxygen atoms in total. The summed E-state index contributed by atoms with van der Waals surface area (Å²) >= 11 is 0. The molecule has 0 saturated carbocycles. The Balaban J connectivity index is 0.000000141. The Morgan fingerprint density at radius 1 is 0.122 bits per heavy atom. The predicted octanol–water partition coefficient (Wildman–Crippen LogP) is 40.6. The van der Waals surface area contributed by atoms with Crippen LogP contribution < -0.4 is 19.6 Å². The molecule has 0 saturated heterocycles. The molecule has 30 rings (SSSR count). The zero-order chi connectivity index (χ0) is 97.4. The molecule has 8 heteroatoms. The fourth-order valence-corrected chi connectivity index (χ4v) is 23.2. The second-order valence-corrected chi connectivity index (χ2v) is 38.3. The molecule has 4 heterocycles. The first-order chi connectivity index (χ1) is 73.4. The lowest BCUT2D eigenvalue weighted by Crippen LogP contribution is -2.11. The molecule has 0 atom stereocenters. The highest BCUT2D eigenvalue weighted by atomic mass is 16.3. The first-order valence-electron chi connectivity index (χ1n) is 50.5. The van der Waals surface area contributed by atoms with Crippen molar-refractivity contribution in [1.82, 2.24) is 0 Å². The van der Waals surface area contributed by atoms with Gasteiger partial charge in [0, 0.05) is 132 Å². The minimum Gasteiger partial charge on any atom is -0.455 e. The van der Waals surface area contributed by atoms with Crippen molar-refractivity contribution in [2.75, 3.05) is 19.6 Å². The lowest BCUT2D eigenvalue weighted by Gasteiger charge is -2.30. The van der Waals surface area contributed by atoms with Crippen LogP contribution in [0.4, 0.5) is 68.2 Å². The first-order valence-corrected chi connectivity index (χ1v) is 50.5. The van der Waals surface area contributed by atoms with Gasteiger partial charge >= 0.3 is 0 Å². The number of nitrogens with zero attached hydrogens (tertiary/aromatic N) is 4. The average molecular weight is 1890 g/mol. The van der Waals surface area contributed by atoms with E-state index in [1.165, 1.54) is 76.1 Å². The molecule has 0 fully saturated rings. The van der Waals surface area contributed by atoms with E-state index >= 15 is 0 Å². The van der Waals surface area contributed by atoms with Gasteiger partial charge in [0.15, 0.2) is 0 Å². The summed E-state index contributed by atoms with van der Waals surface area (Å²) in [5.41, 5.74) is 33.3. The Morgan fingerprint density at radius 2 is 0.318 bits per heavy atom. The van der Waals surface area contributed by atoms with Crippen LogP contribution in [-0.2, 0) is 0 Å². The number of hydrogen-bond acceptors (Lipinski definition) is 8. The van der Waals surface area contributed by atoms with Crippen molar-refractivity contribution in [3.8, 4) is 66.8 Å². The number of para-hydroxylation sites is 10. The summed E-state index contributed by atoms with van der Waals surface area (Å²) < 4.78 is 26.3. The fourth-order valence-electron chi connectivity index (χ4n) is 23.2. The molecule has 30 aromatic rings. The van der Waals surface area contributed by atoms with Crippen molar-refractivity contribution < 1.29 is 17.7 Å². The molecule has 0 aliphatic rings. The smallest absolute Gasteiger partial charge is 0.143 e. The third-order valence-electron chi connectivity index (χ3n) is 30.0. The van der Waals surface area contributed by atoms with Crippen LogP contribution in [0.15, 0.2) is 552 Å². The van der Waals surface area contributed by atoms with Crippen molar-refractivity contribution in [1.29, 1.82) is 0 Å². The molecule has 0 bridgehead atoms. The minimum absolute atomic E-state index is 0.887. The highest BCUT2D eigenvalue weighted by Crippen LogP contribution is 2.54. The van der Waals surface area contributed by atoms with Crippen molar-refractivity contribution in [3.05, 3.63) is 534 Å². The van der Waals surface area contributed by atoms with Crippen LogP contribution in [0, 0.1) is 0 Å². The number of fused-ring (bicyclic) bond motifs is 12. The van der Waals surface area contributed by atoms with Crippen LogP contribution >= 0.6 is 0 Å². The summed E-state index contributed by atoms with van der Waals surface area (Å²) in [6.45, 7) is 0. The molecule has 4 aromatic heterocycles. The summed E-state index contributed by atoms with van der Waals surface area (Å²) in [7, 11) is 0. The van der Waals surface area contributed by atoms with Gasteiger partial charge in [-0.05, 0) is 233 Å². The van der Waals surface area contributed by atoms with E-state index in [-0.39, 0.29) is 0 Å². The van der Waals surface area contributed by atoms with E-state index in [4.69, 9.17) is 17.7 Å². The van der Waals surface area contributed by atoms with Gasteiger partial charge in [0.2, 0.25) is 0 Å². The minimum atomic E-state index is 0.887. The molecule has 0 aliphatic carbocycles. The molecule has 148 heavy (non-hydrogen) atoms. The maximum Gasteiger partial charge on any atom is 0.143 e. The van der Waals surface area contributed by atoms with Crippen LogP contribution in [-0.4, -0.2) is 0 Å². The topological polar surface area (TPSA) is 65.5 Å². The summed E-state index contributed by atoms with van der Waals surface area (Å²) in [6, 6.07) is 192. The van der Waals surface area contributed by atoms with Gasteiger partial charge in [-0.15, -0.1) is 0 Å². The lowest BCUT2D eigenvalue weighted by molar-refractivity contribution is 0.669. The van der Waals surface area contributed by atoms with E-state index in [9.17, 15) is 0 Å². The third kappa shape index (κ3) is 14.3. The Hall–Kier alpha value is -19.8. The Kier molecular flexibility index (Phi) is 20.2. The van der Waals surface area contributed by atoms with Crippen molar-refractivity contribution in [2.45, 2.75) is 0 Å². The quantitative estimate of drug-likeness (QED) is 0.0788. The highest BCUT2D eigenvalue weighted by Gasteiger charge is 2.29. The standard InChI is InChI=1S/C76H48N2O2.C64H40N2O2/c1-3-15-49(16-4-1)51-31-39-57(40-32-51)77(59-21-11-19-55(47-59)61-25-13-27-65-63-23-7-9-29-71(63)79-75(61)65)69-45-37-53-36-44-68-70(46-38-54-35-43-67(69)73(53)74(54)68)78(58-41-33-52(34-42-58)50-17-5-2-6-18-50)60-22-12-20-56(48-60)62-26-14-28-66-64-24-8-10-30-72(64)80-76(62)66;1-3-17-45(18-4-1)65(47-21-11-15-43(39-47)49-25-13-27-53-51-23-7-9-29-59(51)67-63(49)53)57-37-33-41-32-36-56-58(38-34-42-31-35-55(57)61(41)62(42)56)66(46-19-5-2-6-20-46)48-22-12-16-44(40-48)50-26-14-28-54-52-24-8-10-30-60(52)68-64(50)54/h1-48H;1-40H. The van der Waals surface area contributed by atoms with Gasteiger partial charge in [-0.1, -0.05) is 388 Å². The molecular formula is C140H88N4O4. The van der Waals surface area contributed by atoms with Gasteiger partial charge in [-0.25, -0.2) is 0 Å². The van der Waals surface area contributed by atoms with Gasteiger partial charge < -0.3 is 37.3 Å². The second-order valence-electron chi connectivity index (χ2n) is 38.3. The molecule has 0 spiro atoms. The molecule has 0 amide bonds. The van der Waals surface area contributed by atoms with Crippen LogP contribution in [0.5, 0.6) is 0 Å². The molecule has 0 radical (unpaired) electrons. The lowest BCUT2D eigenvalue weighted by atomic mass is 9.91. The number of hydrogen-bond donors (Lipinski definition) is 0. The normalized spacial score (nSPS) is 11.8. The Morgan fingerprint density at radius 3 is 0.581 bits per heavy atom. The summed E-state index contributed by atoms with van der Waals surface area (Å²) in [4.78, 5) is 9.66. The highest BCUT2D eigenvalue weighted by molar-refractivity contribution is 6.31. The SMILES string of the molecule is c1ccc(-c2ccc(N(c3cccc(-c4cccc5c4oc4ccccc45)c3)c3ccc4ccc5c(N(c6ccc(-c7ccccc7)cc6)c6cccc(-c7cccc8c7oc7ccccc78)c6)ccc6ccc3c4c65)cc2)cc1.c1ccc(N(c2cccc(-c3cccc4c3oc3ccccc34)c2)c2ccc3ccc4c(N(c5ccccc5)c5cccc(-c6cccc7c6oc6ccccc67)c5)ccc5ccc2c3c54)cc1. The monoisotopic (exact) mass is 1890 g/mol. The number of anilines is 12. The zero-order valence-corrected chi connectivity index (χ0v) is 80.2. The van der Waals surface area contributed by atoms with Crippen LogP contribution in [0.3, 0.4) is 0 Å². The second kappa shape index (κ2) is 35.1. The Labute approximate surface area is 852 Å². The molecule has 0 aliphatic heterocycles. The van der Waals surface area contributed by atoms with Gasteiger partial charge in [-0.3, -0.25) is 0 Å². The van der Waals surface area contributed by atoms with Crippen LogP contribution in [0.1, 0.15) is 0 Å². The first kappa shape index (κ1) is 85.0. The van der Waals surface area contributed by atoms with Gasteiger partial charge in [0.1, 0.15) is 44.7 Å². The molecule has 692 valence electrons. The fraction of sp³-hybridized carbons (Fsp3) is 0. The van der Waals surface area contributed by atoms with E-state index in [1.807, 2.05) is 36.4 Å². The zero-order valence-electron chi connectivity index (χ0n) is 80.2. The summed E-state index contributed by atoms with van der Waals surface area (Å²) in [5, 5.41) is 23.3. The van der Waals surface area contributed by atoms with Crippen LogP contribution in [0.25, 0.3) is 219 Å². The van der Waals surface area contributed by atoms with Crippen molar-refractivity contribution in [3.63, 3.8) is 0 Å². The number of furan rings is 4. The van der Waals surface area contributed by atoms with Gasteiger partial charge in [0.05, 0.1) is 22.7 Å². The molecule has 26 aromatic carbocycles. The van der Waals surface area contributed by atoms with E-state index < -0.39 is 0 Å². The predicted molar refractivity (Wildman–Crippen MR) is 621 cm³/mol. The number of benzene rings is 26. The van der Waals surface area contributed by atoms with E-state index in [0.29, 0.717) is 0 Å². The van der Waals surface area contributed by atoms with E-state index in [0.717, 1.165) is 211 Å².